The Morgan fingerprint density at radius 3 is 2.67 bits per heavy atom. The minimum atomic E-state index is -0.237. The molecule has 8 heteroatoms. The number of nitrogens with zero attached hydrogens (tertiary/aromatic N) is 2. The van der Waals surface area contributed by atoms with Gasteiger partial charge in [-0.3, -0.25) is 0 Å². The van der Waals surface area contributed by atoms with Crippen molar-refractivity contribution in [3.8, 4) is 11.5 Å². The Bertz CT molecular complexity index is 821. The quantitative estimate of drug-likeness (QED) is 0.786. The van der Waals surface area contributed by atoms with Crippen molar-refractivity contribution in [3.05, 3.63) is 34.7 Å². The van der Waals surface area contributed by atoms with Crippen molar-refractivity contribution in [1.29, 1.82) is 0 Å². The average molecular weight is 394 g/mol. The number of anilines is 1. The zero-order valence-corrected chi connectivity index (χ0v) is 16.7. The lowest BCUT2D eigenvalue weighted by Gasteiger charge is -2.23. The molecule has 1 saturated heterocycles. The first kappa shape index (κ1) is 19.4. The molecule has 2 heterocycles. The Morgan fingerprint density at radius 2 is 2.04 bits per heavy atom. The summed E-state index contributed by atoms with van der Waals surface area (Å²) in [4.78, 5) is 14.6. The number of hydrogen-bond acceptors (Lipinski definition) is 5. The average Bonchev–Trinajstić information content (AvgIpc) is 3.31. The number of aromatic nitrogens is 1. The molecule has 1 aromatic carbocycles. The van der Waals surface area contributed by atoms with Gasteiger partial charge in [0.05, 0.1) is 36.7 Å². The van der Waals surface area contributed by atoms with E-state index in [0.717, 1.165) is 18.5 Å². The van der Waals surface area contributed by atoms with E-state index in [-0.39, 0.29) is 18.0 Å². The van der Waals surface area contributed by atoms with Crippen molar-refractivity contribution in [2.24, 2.45) is 0 Å². The molecule has 1 N–H and O–H groups in total. The molecule has 0 radical (unpaired) electrons. The van der Waals surface area contributed by atoms with E-state index < -0.39 is 0 Å². The van der Waals surface area contributed by atoms with Gasteiger partial charge in [0.1, 0.15) is 11.5 Å². The van der Waals surface area contributed by atoms with E-state index in [4.69, 9.17) is 25.6 Å². The normalized spacial score (nSPS) is 16.7. The topological polar surface area (TPSA) is 76.8 Å². The van der Waals surface area contributed by atoms with Crippen LogP contribution >= 0.6 is 11.6 Å². The standard InChI is InChI=1S/C19H24ClN3O4/c1-11(2)13-9-18(27-22-13)15-6-5-7-23(15)19(24)21-14-8-12(20)16(25-3)10-17(14)26-4/h8-11,15H,5-7H2,1-4H3,(H,21,24)/t15-/m1/s1. The molecule has 0 saturated carbocycles. The third-order valence-corrected chi connectivity index (χ3v) is 4.99. The molecule has 1 aromatic heterocycles. The largest absolute Gasteiger partial charge is 0.495 e. The fourth-order valence-corrected chi connectivity index (χ4v) is 3.42. The van der Waals surface area contributed by atoms with Crippen molar-refractivity contribution in [1.82, 2.24) is 10.1 Å². The van der Waals surface area contributed by atoms with E-state index in [1.54, 1.807) is 17.0 Å². The zero-order chi connectivity index (χ0) is 19.6. The van der Waals surface area contributed by atoms with E-state index >= 15 is 0 Å². The molecular formula is C19H24ClN3O4. The number of halogens is 1. The van der Waals surface area contributed by atoms with Crippen molar-refractivity contribution in [3.63, 3.8) is 0 Å². The Labute approximate surface area is 163 Å². The summed E-state index contributed by atoms with van der Waals surface area (Å²) >= 11 is 6.19. The summed E-state index contributed by atoms with van der Waals surface area (Å²) in [5.41, 5.74) is 1.38. The second kappa shape index (κ2) is 8.08. The summed E-state index contributed by atoms with van der Waals surface area (Å²) in [5, 5.41) is 7.39. The molecule has 1 aliphatic rings. The Kier molecular flexibility index (Phi) is 5.79. The van der Waals surface area contributed by atoms with Crippen LogP contribution < -0.4 is 14.8 Å². The summed E-state index contributed by atoms with van der Waals surface area (Å²) < 4.78 is 16.0. The SMILES string of the molecule is COc1cc(OC)c(NC(=O)N2CCC[C@@H]2c2cc(C(C)C)no2)cc1Cl. The van der Waals surface area contributed by atoms with Crippen LogP contribution in [0.5, 0.6) is 11.5 Å². The minimum Gasteiger partial charge on any atom is -0.495 e. The Hall–Kier alpha value is -2.41. The van der Waals surface area contributed by atoms with Crippen LogP contribution in [0.1, 0.15) is 50.1 Å². The third-order valence-electron chi connectivity index (χ3n) is 4.70. The molecular weight excluding hydrogens is 370 g/mol. The number of benzene rings is 1. The Morgan fingerprint density at radius 1 is 1.30 bits per heavy atom. The van der Waals surface area contributed by atoms with Crippen LogP contribution in [0.2, 0.25) is 5.02 Å². The molecule has 0 unspecified atom stereocenters. The van der Waals surface area contributed by atoms with E-state index in [1.165, 1.54) is 14.2 Å². The van der Waals surface area contributed by atoms with Crippen LogP contribution in [0.4, 0.5) is 10.5 Å². The monoisotopic (exact) mass is 393 g/mol. The van der Waals surface area contributed by atoms with Gasteiger partial charge >= 0.3 is 6.03 Å². The molecule has 0 bridgehead atoms. The van der Waals surface area contributed by atoms with Gasteiger partial charge in [-0.15, -0.1) is 0 Å². The van der Waals surface area contributed by atoms with Crippen LogP contribution in [0, 0.1) is 0 Å². The van der Waals surface area contributed by atoms with E-state index in [2.05, 4.69) is 24.3 Å². The summed E-state index contributed by atoms with van der Waals surface area (Å²) in [6, 6.07) is 4.83. The highest BCUT2D eigenvalue weighted by Crippen LogP contribution is 2.38. The fourth-order valence-electron chi connectivity index (χ4n) is 3.18. The predicted molar refractivity (Wildman–Crippen MR) is 103 cm³/mol. The molecule has 0 spiro atoms. The number of amides is 2. The van der Waals surface area contributed by atoms with Crippen molar-refractivity contribution < 1.29 is 18.8 Å². The van der Waals surface area contributed by atoms with Crippen molar-refractivity contribution in [2.75, 3.05) is 26.1 Å². The zero-order valence-electron chi connectivity index (χ0n) is 15.9. The predicted octanol–water partition coefficient (Wildman–Crippen LogP) is 4.84. The van der Waals surface area contributed by atoms with E-state index in [9.17, 15) is 4.79 Å². The lowest BCUT2D eigenvalue weighted by molar-refractivity contribution is 0.195. The number of methoxy groups -OCH3 is 2. The van der Waals surface area contributed by atoms with Gasteiger partial charge in [0, 0.05) is 18.7 Å². The minimum absolute atomic E-state index is 0.135. The second-order valence-corrected chi connectivity index (χ2v) is 7.18. The number of likely N-dealkylation sites (tertiary alicyclic amines) is 1. The number of carbonyl (C=O) groups is 1. The summed E-state index contributed by atoms with van der Waals surface area (Å²) in [7, 11) is 3.05. The van der Waals surface area contributed by atoms with Crippen LogP contribution in [-0.2, 0) is 0 Å². The molecule has 2 amide bonds. The molecule has 146 valence electrons. The molecule has 1 aliphatic heterocycles. The lowest BCUT2D eigenvalue weighted by Crippen LogP contribution is -2.34. The number of nitrogens with one attached hydrogen (secondary N) is 1. The smallest absolute Gasteiger partial charge is 0.322 e. The van der Waals surface area contributed by atoms with Gasteiger partial charge in [0.2, 0.25) is 0 Å². The van der Waals surface area contributed by atoms with Crippen LogP contribution in [0.3, 0.4) is 0 Å². The van der Waals surface area contributed by atoms with Gasteiger partial charge in [-0.05, 0) is 24.8 Å². The van der Waals surface area contributed by atoms with Gasteiger partial charge < -0.3 is 24.2 Å². The van der Waals surface area contributed by atoms with Crippen LogP contribution in [0.25, 0.3) is 0 Å². The van der Waals surface area contributed by atoms with Gasteiger partial charge in [-0.2, -0.15) is 0 Å². The molecule has 3 rings (SSSR count). The highest BCUT2D eigenvalue weighted by Gasteiger charge is 2.33. The maximum Gasteiger partial charge on any atom is 0.322 e. The van der Waals surface area contributed by atoms with Crippen LogP contribution in [-0.4, -0.2) is 36.9 Å². The lowest BCUT2D eigenvalue weighted by atomic mass is 10.1. The molecule has 1 atom stereocenters. The second-order valence-electron chi connectivity index (χ2n) is 6.78. The number of carbonyl (C=O) groups excluding carboxylic acids is 1. The molecule has 7 nitrogen and oxygen atoms in total. The first-order chi connectivity index (χ1) is 12.9. The fraction of sp³-hybridized carbons (Fsp3) is 0.474. The maximum atomic E-state index is 12.9. The van der Waals surface area contributed by atoms with Gasteiger partial charge in [0.15, 0.2) is 5.76 Å². The summed E-state index contributed by atoms with van der Waals surface area (Å²) in [6.07, 6.45) is 1.73. The van der Waals surface area contributed by atoms with E-state index in [0.29, 0.717) is 34.5 Å². The molecule has 0 aliphatic carbocycles. The number of ether oxygens (including phenoxy) is 2. The first-order valence-electron chi connectivity index (χ1n) is 8.90. The summed E-state index contributed by atoms with van der Waals surface area (Å²) in [6.45, 7) is 4.75. The molecule has 2 aromatic rings. The van der Waals surface area contributed by atoms with Crippen molar-refractivity contribution in [2.45, 2.75) is 38.6 Å². The first-order valence-corrected chi connectivity index (χ1v) is 9.28. The van der Waals surface area contributed by atoms with Gasteiger partial charge in [-0.1, -0.05) is 30.6 Å². The molecule has 27 heavy (non-hydrogen) atoms. The van der Waals surface area contributed by atoms with Crippen molar-refractivity contribution >= 4 is 23.3 Å². The number of urea groups is 1. The Balaban J connectivity index is 1.79. The van der Waals surface area contributed by atoms with E-state index in [1.807, 2.05) is 6.07 Å². The maximum absolute atomic E-state index is 12.9. The third kappa shape index (κ3) is 3.98. The highest BCUT2D eigenvalue weighted by atomic mass is 35.5. The van der Waals surface area contributed by atoms with Gasteiger partial charge in [0.25, 0.3) is 0 Å². The highest BCUT2D eigenvalue weighted by molar-refractivity contribution is 6.32. The van der Waals surface area contributed by atoms with Crippen LogP contribution in [0.15, 0.2) is 22.7 Å². The summed E-state index contributed by atoms with van der Waals surface area (Å²) in [5.74, 6) is 1.94. The molecule has 1 fully saturated rings. The number of hydrogen-bond donors (Lipinski definition) is 1. The van der Waals surface area contributed by atoms with Gasteiger partial charge in [-0.25, -0.2) is 4.79 Å². The number of rotatable bonds is 5.